The Kier molecular flexibility index (Phi) is 3.27. The molecule has 1 rings (SSSR count). The number of hydrogen-bond donors (Lipinski definition) is 1. The normalized spacial score (nSPS) is 14.1. The van der Waals surface area contributed by atoms with Crippen LogP contribution in [0, 0.1) is 5.82 Å². The molecule has 1 aromatic carbocycles. The smallest absolute Gasteiger partial charge is 0.126 e. The summed E-state index contributed by atoms with van der Waals surface area (Å²) in [6, 6.07) is 6.95. The Morgan fingerprint density at radius 2 is 1.86 bits per heavy atom. The van der Waals surface area contributed by atoms with E-state index in [1.165, 1.54) is 6.07 Å². The van der Waals surface area contributed by atoms with Crippen LogP contribution in [0.5, 0.6) is 0 Å². The minimum atomic E-state index is -0.122. The second kappa shape index (κ2) is 4.09. The molecular weight excluding hydrogens is 177 g/mol. The minimum absolute atomic E-state index is 0.0950. The van der Waals surface area contributed by atoms with E-state index < -0.39 is 0 Å². The summed E-state index contributed by atoms with van der Waals surface area (Å²) >= 11 is 0. The first-order valence-corrected chi connectivity index (χ1v) is 4.92. The van der Waals surface area contributed by atoms with Gasteiger partial charge in [0.15, 0.2) is 0 Å². The van der Waals surface area contributed by atoms with Crippen LogP contribution in [0.4, 0.5) is 4.39 Å². The van der Waals surface area contributed by atoms with E-state index in [0.717, 1.165) is 5.56 Å². The van der Waals surface area contributed by atoms with Crippen molar-refractivity contribution >= 4 is 0 Å². The first kappa shape index (κ1) is 11.2. The molecule has 0 fully saturated rings. The lowest BCUT2D eigenvalue weighted by Crippen LogP contribution is -2.41. The maximum absolute atomic E-state index is 13.5. The van der Waals surface area contributed by atoms with Crippen molar-refractivity contribution in [1.29, 1.82) is 0 Å². The zero-order valence-electron chi connectivity index (χ0n) is 9.26. The molecule has 78 valence electrons. The standard InChI is InChI=1S/C12H18FN/c1-9(12(2,3)14-4)10-7-5-6-8-11(10)13/h5-9,14H,1-4H3. The van der Waals surface area contributed by atoms with Crippen LogP contribution in [0.3, 0.4) is 0 Å². The van der Waals surface area contributed by atoms with Crippen LogP contribution in [0.25, 0.3) is 0 Å². The quantitative estimate of drug-likeness (QED) is 0.782. The molecule has 0 aromatic heterocycles. The van der Waals surface area contributed by atoms with Gasteiger partial charge in [0.05, 0.1) is 0 Å². The largest absolute Gasteiger partial charge is 0.314 e. The van der Waals surface area contributed by atoms with Crippen molar-refractivity contribution in [2.45, 2.75) is 32.2 Å². The lowest BCUT2D eigenvalue weighted by molar-refractivity contribution is 0.352. The van der Waals surface area contributed by atoms with Crippen molar-refractivity contribution in [2.24, 2.45) is 0 Å². The highest BCUT2D eigenvalue weighted by atomic mass is 19.1. The molecule has 0 heterocycles. The maximum atomic E-state index is 13.5. The van der Waals surface area contributed by atoms with Gasteiger partial charge in [0, 0.05) is 11.5 Å². The number of benzene rings is 1. The second-order valence-corrected chi connectivity index (χ2v) is 4.21. The Morgan fingerprint density at radius 1 is 1.29 bits per heavy atom. The number of likely N-dealkylation sites (N-methyl/N-ethyl adjacent to an activating group) is 1. The second-order valence-electron chi connectivity index (χ2n) is 4.21. The molecule has 0 saturated carbocycles. The van der Waals surface area contributed by atoms with Gasteiger partial charge in [0.1, 0.15) is 5.82 Å². The van der Waals surface area contributed by atoms with Crippen molar-refractivity contribution in [2.75, 3.05) is 7.05 Å². The van der Waals surface area contributed by atoms with Crippen molar-refractivity contribution in [3.63, 3.8) is 0 Å². The Bertz CT molecular complexity index is 307. The van der Waals surface area contributed by atoms with Crippen molar-refractivity contribution in [1.82, 2.24) is 5.32 Å². The van der Waals surface area contributed by atoms with Crippen molar-refractivity contribution in [3.8, 4) is 0 Å². The van der Waals surface area contributed by atoms with Crippen molar-refractivity contribution in [3.05, 3.63) is 35.6 Å². The summed E-state index contributed by atoms with van der Waals surface area (Å²) in [7, 11) is 1.90. The summed E-state index contributed by atoms with van der Waals surface area (Å²) in [5, 5.41) is 3.20. The van der Waals surface area contributed by atoms with Gasteiger partial charge in [-0.15, -0.1) is 0 Å². The average Bonchev–Trinajstić information content (AvgIpc) is 2.17. The topological polar surface area (TPSA) is 12.0 Å². The third-order valence-corrected chi connectivity index (χ3v) is 3.10. The van der Waals surface area contributed by atoms with Gasteiger partial charge in [-0.05, 0) is 32.5 Å². The average molecular weight is 195 g/mol. The number of hydrogen-bond acceptors (Lipinski definition) is 1. The minimum Gasteiger partial charge on any atom is -0.314 e. The highest BCUT2D eigenvalue weighted by Gasteiger charge is 2.26. The molecule has 1 nitrogen and oxygen atoms in total. The van der Waals surface area contributed by atoms with Gasteiger partial charge in [-0.25, -0.2) is 4.39 Å². The highest BCUT2D eigenvalue weighted by Crippen LogP contribution is 2.28. The number of rotatable bonds is 3. The Hall–Kier alpha value is -0.890. The Morgan fingerprint density at radius 3 is 2.36 bits per heavy atom. The van der Waals surface area contributed by atoms with Gasteiger partial charge >= 0.3 is 0 Å². The van der Waals surface area contributed by atoms with E-state index in [1.54, 1.807) is 6.07 Å². The molecule has 0 spiro atoms. The van der Waals surface area contributed by atoms with E-state index in [-0.39, 0.29) is 17.3 Å². The van der Waals surface area contributed by atoms with Crippen LogP contribution in [0.15, 0.2) is 24.3 Å². The molecule has 1 atom stereocenters. The third-order valence-electron chi connectivity index (χ3n) is 3.10. The fourth-order valence-corrected chi connectivity index (χ4v) is 1.43. The van der Waals surface area contributed by atoms with Gasteiger partial charge < -0.3 is 5.32 Å². The van der Waals surface area contributed by atoms with Crippen LogP contribution in [0.1, 0.15) is 32.3 Å². The molecule has 1 N–H and O–H groups in total. The monoisotopic (exact) mass is 195 g/mol. The van der Waals surface area contributed by atoms with Gasteiger partial charge in [-0.3, -0.25) is 0 Å². The number of nitrogens with one attached hydrogen (secondary N) is 1. The molecule has 0 radical (unpaired) electrons. The maximum Gasteiger partial charge on any atom is 0.126 e. The van der Waals surface area contributed by atoms with E-state index in [0.29, 0.717) is 0 Å². The molecule has 1 aromatic rings. The molecule has 0 saturated heterocycles. The molecule has 14 heavy (non-hydrogen) atoms. The molecule has 1 unspecified atom stereocenters. The summed E-state index contributed by atoms with van der Waals surface area (Å²) in [6.07, 6.45) is 0. The van der Waals surface area contributed by atoms with E-state index in [2.05, 4.69) is 19.2 Å². The summed E-state index contributed by atoms with van der Waals surface area (Å²) in [5.41, 5.74) is 0.675. The molecule has 2 heteroatoms. The van der Waals surface area contributed by atoms with Crippen LogP contribution in [-0.2, 0) is 0 Å². The van der Waals surface area contributed by atoms with Crippen LogP contribution in [0.2, 0.25) is 0 Å². The molecule has 0 aliphatic heterocycles. The molecule has 0 amide bonds. The first-order chi connectivity index (χ1) is 6.49. The van der Waals surface area contributed by atoms with E-state index >= 15 is 0 Å². The van der Waals surface area contributed by atoms with Gasteiger partial charge in [-0.2, -0.15) is 0 Å². The molecule has 0 aliphatic rings. The predicted octanol–water partition coefficient (Wildman–Crippen LogP) is 2.93. The number of halogens is 1. The van der Waals surface area contributed by atoms with Crippen LogP contribution >= 0.6 is 0 Å². The zero-order valence-corrected chi connectivity index (χ0v) is 9.26. The molecule has 0 aliphatic carbocycles. The summed E-state index contributed by atoms with van der Waals surface area (Å²) in [5.74, 6) is 0.0250. The summed E-state index contributed by atoms with van der Waals surface area (Å²) in [6.45, 7) is 6.18. The third kappa shape index (κ3) is 2.13. The van der Waals surface area contributed by atoms with E-state index in [1.807, 2.05) is 26.1 Å². The SMILES string of the molecule is CNC(C)(C)C(C)c1ccccc1F. The van der Waals surface area contributed by atoms with Gasteiger partial charge in [0.25, 0.3) is 0 Å². The summed E-state index contributed by atoms with van der Waals surface area (Å²) in [4.78, 5) is 0. The molecule has 0 bridgehead atoms. The van der Waals surface area contributed by atoms with E-state index in [9.17, 15) is 4.39 Å². The highest BCUT2D eigenvalue weighted by molar-refractivity contribution is 5.24. The van der Waals surface area contributed by atoms with Crippen molar-refractivity contribution < 1.29 is 4.39 Å². The van der Waals surface area contributed by atoms with Crippen LogP contribution in [-0.4, -0.2) is 12.6 Å². The Labute approximate surface area is 85.3 Å². The van der Waals surface area contributed by atoms with E-state index in [4.69, 9.17) is 0 Å². The lowest BCUT2D eigenvalue weighted by atomic mass is 9.83. The van der Waals surface area contributed by atoms with Crippen LogP contribution < -0.4 is 5.32 Å². The first-order valence-electron chi connectivity index (χ1n) is 4.92. The zero-order chi connectivity index (χ0) is 10.8. The Balaban J connectivity index is 3.00. The fraction of sp³-hybridized carbons (Fsp3) is 0.500. The summed E-state index contributed by atoms with van der Waals surface area (Å²) < 4.78 is 13.5. The fourth-order valence-electron chi connectivity index (χ4n) is 1.43. The lowest BCUT2D eigenvalue weighted by Gasteiger charge is -2.32. The van der Waals surface area contributed by atoms with Gasteiger partial charge in [-0.1, -0.05) is 25.1 Å². The molecular formula is C12H18FN. The van der Waals surface area contributed by atoms with Gasteiger partial charge in [0.2, 0.25) is 0 Å². The predicted molar refractivity (Wildman–Crippen MR) is 58.0 cm³/mol.